The van der Waals surface area contributed by atoms with E-state index in [1.807, 2.05) is 4.90 Å². The van der Waals surface area contributed by atoms with Crippen LogP contribution in [0.4, 0.5) is 0 Å². The molecule has 2 saturated heterocycles. The third-order valence-electron chi connectivity index (χ3n) is 4.33. The average Bonchev–Trinajstić information content (AvgIpc) is 3.16. The van der Waals surface area contributed by atoms with Crippen LogP contribution in [-0.2, 0) is 4.79 Å². The van der Waals surface area contributed by atoms with Crippen LogP contribution in [0.3, 0.4) is 0 Å². The van der Waals surface area contributed by atoms with Crippen molar-refractivity contribution in [2.24, 2.45) is 0 Å². The van der Waals surface area contributed by atoms with Crippen molar-refractivity contribution in [1.82, 2.24) is 9.80 Å². The molecule has 1 aromatic rings. The molecule has 0 saturated carbocycles. The molecular formula is C16H18Cl2N2O2. The molecule has 1 aromatic carbocycles. The van der Waals surface area contributed by atoms with Crippen molar-refractivity contribution >= 4 is 35.0 Å². The highest BCUT2D eigenvalue weighted by Crippen LogP contribution is 2.26. The van der Waals surface area contributed by atoms with Gasteiger partial charge < -0.3 is 9.80 Å². The molecule has 4 nitrogen and oxygen atoms in total. The number of amides is 2. The second kappa shape index (κ2) is 6.47. The Labute approximate surface area is 140 Å². The van der Waals surface area contributed by atoms with Gasteiger partial charge in [0.15, 0.2) is 0 Å². The van der Waals surface area contributed by atoms with Gasteiger partial charge in [-0.05, 0) is 43.9 Å². The summed E-state index contributed by atoms with van der Waals surface area (Å²) in [6.45, 7) is 2.22. The molecule has 0 N–H and O–H groups in total. The molecular weight excluding hydrogens is 323 g/mol. The van der Waals surface area contributed by atoms with Crippen LogP contribution in [0, 0.1) is 0 Å². The van der Waals surface area contributed by atoms with Gasteiger partial charge in [-0.15, -0.1) is 0 Å². The third-order valence-corrected chi connectivity index (χ3v) is 4.76. The van der Waals surface area contributed by atoms with Gasteiger partial charge in [0.05, 0.1) is 0 Å². The minimum atomic E-state index is -0.344. The number of nitrogens with zero attached hydrogens (tertiary/aromatic N) is 2. The van der Waals surface area contributed by atoms with Crippen LogP contribution in [-0.4, -0.2) is 47.3 Å². The van der Waals surface area contributed by atoms with Crippen LogP contribution >= 0.6 is 23.2 Å². The highest BCUT2D eigenvalue weighted by Gasteiger charge is 2.37. The molecule has 22 heavy (non-hydrogen) atoms. The van der Waals surface area contributed by atoms with E-state index >= 15 is 0 Å². The minimum Gasteiger partial charge on any atom is -0.341 e. The summed E-state index contributed by atoms with van der Waals surface area (Å²) >= 11 is 11.9. The van der Waals surface area contributed by atoms with E-state index in [-0.39, 0.29) is 17.9 Å². The molecule has 6 heteroatoms. The lowest BCUT2D eigenvalue weighted by Crippen LogP contribution is -2.46. The topological polar surface area (TPSA) is 40.6 Å². The van der Waals surface area contributed by atoms with E-state index in [2.05, 4.69) is 0 Å². The van der Waals surface area contributed by atoms with Gasteiger partial charge in [0, 0.05) is 35.2 Å². The third kappa shape index (κ3) is 3.08. The second-order valence-corrected chi connectivity index (χ2v) is 6.72. The normalized spacial score (nSPS) is 21.5. The van der Waals surface area contributed by atoms with Crippen LogP contribution < -0.4 is 0 Å². The zero-order valence-electron chi connectivity index (χ0n) is 12.2. The lowest BCUT2D eigenvalue weighted by atomic mass is 10.1. The lowest BCUT2D eigenvalue weighted by molar-refractivity contribution is -0.134. The largest absolute Gasteiger partial charge is 0.341 e. The smallest absolute Gasteiger partial charge is 0.254 e. The monoisotopic (exact) mass is 340 g/mol. The van der Waals surface area contributed by atoms with Crippen molar-refractivity contribution in [2.75, 3.05) is 19.6 Å². The zero-order valence-corrected chi connectivity index (χ0v) is 13.7. The van der Waals surface area contributed by atoms with E-state index in [0.29, 0.717) is 22.2 Å². The van der Waals surface area contributed by atoms with Gasteiger partial charge in [-0.2, -0.15) is 0 Å². The Hall–Kier alpha value is -1.26. The maximum atomic E-state index is 12.7. The predicted molar refractivity (Wildman–Crippen MR) is 86.3 cm³/mol. The Morgan fingerprint density at radius 1 is 0.955 bits per heavy atom. The SMILES string of the molecule is O=C([C@H]1CCCN1C(=O)c1cc(Cl)cc(Cl)c1)N1CCCC1. The number of hydrogen-bond donors (Lipinski definition) is 0. The maximum absolute atomic E-state index is 12.7. The van der Waals surface area contributed by atoms with Crippen molar-refractivity contribution in [2.45, 2.75) is 31.7 Å². The van der Waals surface area contributed by atoms with Crippen LogP contribution in [0.25, 0.3) is 0 Å². The van der Waals surface area contributed by atoms with Crippen LogP contribution in [0.5, 0.6) is 0 Å². The fourth-order valence-corrected chi connectivity index (χ4v) is 3.78. The molecule has 2 aliphatic heterocycles. The van der Waals surface area contributed by atoms with Gasteiger partial charge >= 0.3 is 0 Å². The fourth-order valence-electron chi connectivity index (χ4n) is 3.26. The Bertz CT molecular complexity index is 580. The molecule has 3 rings (SSSR count). The van der Waals surface area contributed by atoms with Crippen molar-refractivity contribution in [3.63, 3.8) is 0 Å². The molecule has 0 aliphatic carbocycles. The van der Waals surface area contributed by atoms with Crippen molar-refractivity contribution < 1.29 is 9.59 Å². The van der Waals surface area contributed by atoms with Crippen molar-refractivity contribution in [3.05, 3.63) is 33.8 Å². The van der Waals surface area contributed by atoms with E-state index in [1.165, 1.54) is 0 Å². The van der Waals surface area contributed by atoms with Gasteiger partial charge in [0.2, 0.25) is 5.91 Å². The summed E-state index contributed by atoms with van der Waals surface area (Å²) in [4.78, 5) is 28.9. The summed E-state index contributed by atoms with van der Waals surface area (Å²) in [5.74, 6) is -0.0871. The van der Waals surface area contributed by atoms with E-state index < -0.39 is 0 Å². The molecule has 2 aliphatic rings. The Balaban J connectivity index is 1.79. The number of carbonyl (C=O) groups is 2. The fraction of sp³-hybridized carbons (Fsp3) is 0.500. The molecule has 0 bridgehead atoms. The highest BCUT2D eigenvalue weighted by molar-refractivity contribution is 6.35. The standard InChI is InChI=1S/C16H18Cl2N2O2/c17-12-8-11(9-13(18)10-12)15(21)20-7-3-4-14(20)16(22)19-5-1-2-6-19/h8-10,14H,1-7H2/t14-/m1/s1. The average molecular weight is 341 g/mol. The maximum Gasteiger partial charge on any atom is 0.254 e. The van der Waals surface area contributed by atoms with Gasteiger partial charge in [0.1, 0.15) is 6.04 Å². The summed E-state index contributed by atoms with van der Waals surface area (Å²) < 4.78 is 0. The van der Waals surface area contributed by atoms with Gasteiger partial charge in [-0.1, -0.05) is 23.2 Å². The zero-order chi connectivity index (χ0) is 15.7. The van der Waals surface area contributed by atoms with Crippen LogP contribution in [0.15, 0.2) is 18.2 Å². The number of hydrogen-bond acceptors (Lipinski definition) is 2. The summed E-state index contributed by atoms with van der Waals surface area (Å²) in [5, 5.41) is 0.856. The second-order valence-electron chi connectivity index (χ2n) is 5.85. The first-order valence-corrected chi connectivity index (χ1v) is 8.38. The number of carbonyl (C=O) groups excluding carboxylic acids is 2. The summed E-state index contributed by atoms with van der Waals surface area (Å²) in [5.41, 5.74) is 0.443. The molecule has 0 aromatic heterocycles. The quantitative estimate of drug-likeness (QED) is 0.829. The number of rotatable bonds is 2. The first-order valence-electron chi connectivity index (χ1n) is 7.62. The van der Waals surface area contributed by atoms with E-state index in [1.54, 1.807) is 23.1 Å². The van der Waals surface area contributed by atoms with Crippen molar-refractivity contribution in [1.29, 1.82) is 0 Å². The summed E-state index contributed by atoms with van der Waals surface area (Å²) in [6.07, 6.45) is 3.69. The van der Waals surface area contributed by atoms with Gasteiger partial charge in [0.25, 0.3) is 5.91 Å². The van der Waals surface area contributed by atoms with E-state index in [0.717, 1.165) is 38.8 Å². The molecule has 118 valence electrons. The summed E-state index contributed by atoms with van der Waals surface area (Å²) in [7, 11) is 0. The number of likely N-dealkylation sites (tertiary alicyclic amines) is 2. The van der Waals surface area contributed by atoms with Gasteiger partial charge in [-0.25, -0.2) is 0 Å². The molecule has 0 radical (unpaired) electrons. The molecule has 0 unspecified atom stereocenters. The number of halogens is 2. The highest BCUT2D eigenvalue weighted by atomic mass is 35.5. The number of benzene rings is 1. The first kappa shape index (κ1) is 15.6. The lowest BCUT2D eigenvalue weighted by Gasteiger charge is -2.28. The van der Waals surface area contributed by atoms with E-state index in [4.69, 9.17) is 23.2 Å². The molecule has 2 fully saturated rings. The van der Waals surface area contributed by atoms with Gasteiger partial charge in [-0.3, -0.25) is 9.59 Å². The molecule has 2 amide bonds. The minimum absolute atomic E-state index is 0.0801. The van der Waals surface area contributed by atoms with E-state index in [9.17, 15) is 9.59 Å². The van der Waals surface area contributed by atoms with Crippen LogP contribution in [0.2, 0.25) is 10.0 Å². The first-order chi connectivity index (χ1) is 10.6. The summed E-state index contributed by atoms with van der Waals surface area (Å²) in [6, 6.07) is 4.46. The van der Waals surface area contributed by atoms with Crippen LogP contribution in [0.1, 0.15) is 36.0 Å². The Kier molecular flexibility index (Phi) is 4.59. The Morgan fingerprint density at radius 3 is 2.23 bits per heavy atom. The molecule has 2 heterocycles. The molecule has 0 spiro atoms. The Morgan fingerprint density at radius 2 is 1.59 bits per heavy atom. The predicted octanol–water partition coefficient (Wildman–Crippen LogP) is 3.22. The van der Waals surface area contributed by atoms with Crippen molar-refractivity contribution in [3.8, 4) is 0 Å². The molecule has 1 atom stereocenters.